The Morgan fingerprint density at radius 1 is 0.647 bits per heavy atom. The van der Waals surface area contributed by atoms with Crippen molar-refractivity contribution in [3.05, 3.63) is 143 Å². The number of benzene rings is 2. The van der Waals surface area contributed by atoms with Gasteiger partial charge in [0.1, 0.15) is 0 Å². The van der Waals surface area contributed by atoms with Crippen molar-refractivity contribution in [1.29, 1.82) is 0 Å². The summed E-state index contributed by atoms with van der Waals surface area (Å²) < 4.78 is 0. The molecule has 0 spiro atoms. The standard InChI is InChI=1S/C34H26/c1-2-8-21(9-3-1)24-12-6-13-25-26(24)16-17-27-28-14-7-15-29-30-18-22-10-4-5-11-23(22)19-31(30)33(34(28)29)20-32(25)27/h1-2,4-8,10-20,25-26,28,34H,3,9H2. The van der Waals surface area contributed by atoms with Crippen molar-refractivity contribution in [3.8, 4) is 0 Å². The summed E-state index contributed by atoms with van der Waals surface area (Å²) >= 11 is 0. The Bertz CT molecular complexity index is 1550. The molecule has 0 nitrogen and oxygen atoms in total. The molecule has 162 valence electrons. The van der Waals surface area contributed by atoms with Gasteiger partial charge in [0.05, 0.1) is 0 Å². The molecule has 34 heavy (non-hydrogen) atoms. The lowest BCUT2D eigenvalue weighted by atomic mass is 9.63. The fourth-order valence-electron chi connectivity index (χ4n) is 7.18. The molecule has 0 aliphatic heterocycles. The zero-order chi connectivity index (χ0) is 22.2. The largest absolute Gasteiger partial charge is 0.0842 e. The average molecular weight is 435 g/mol. The second-order valence-corrected chi connectivity index (χ2v) is 10.3. The maximum Gasteiger partial charge on any atom is 0.0205 e. The first kappa shape index (κ1) is 18.7. The summed E-state index contributed by atoms with van der Waals surface area (Å²) in [7, 11) is 0. The minimum Gasteiger partial charge on any atom is -0.0842 e. The topological polar surface area (TPSA) is 0 Å². The van der Waals surface area contributed by atoms with Crippen LogP contribution in [0.5, 0.6) is 0 Å². The summed E-state index contributed by atoms with van der Waals surface area (Å²) in [5.41, 5.74) is 12.0. The van der Waals surface area contributed by atoms with Crippen LogP contribution in [0.25, 0.3) is 21.9 Å². The van der Waals surface area contributed by atoms with E-state index in [9.17, 15) is 0 Å². The average Bonchev–Trinajstić information content (AvgIpc) is 3.21. The van der Waals surface area contributed by atoms with E-state index in [4.69, 9.17) is 0 Å². The van der Waals surface area contributed by atoms with E-state index < -0.39 is 0 Å². The van der Waals surface area contributed by atoms with E-state index in [1.165, 1.54) is 55.3 Å². The van der Waals surface area contributed by atoms with Gasteiger partial charge in [-0.3, -0.25) is 0 Å². The van der Waals surface area contributed by atoms with Crippen LogP contribution in [0.15, 0.2) is 132 Å². The minimum atomic E-state index is 0.424. The van der Waals surface area contributed by atoms with Gasteiger partial charge in [0.2, 0.25) is 0 Å². The van der Waals surface area contributed by atoms with Gasteiger partial charge in [-0.25, -0.2) is 0 Å². The molecule has 0 fully saturated rings. The van der Waals surface area contributed by atoms with Crippen molar-refractivity contribution in [2.24, 2.45) is 23.7 Å². The Labute approximate surface area is 201 Å². The maximum absolute atomic E-state index is 2.58. The van der Waals surface area contributed by atoms with Crippen molar-refractivity contribution in [3.63, 3.8) is 0 Å². The number of hydrogen-bond acceptors (Lipinski definition) is 0. The van der Waals surface area contributed by atoms with Crippen LogP contribution < -0.4 is 0 Å². The van der Waals surface area contributed by atoms with Gasteiger partial charge in [0.15, 0.2) is 0 Å². The third-order valence-electron chi connectivity index (χ3n) is 8.70. The molecule has 0 heterocycles. The van der Waals surface area contributed by atoms with Crippen LogP contribution in [-0.2, 0) is 0 Å². The van der Waals surface area contributed by atoms with Gasteiger partial charge in [-0.1, -0.05) is 97.2 Å². The second-order valence-electron chi connectivity index (χ2n) is 10.3. The van der Waals surface area contributed by atoms with Crippen LogP contribution >= 0.6 is 0 Å². The number of rotatable bonds is 1. The second kappa shape index (κ2) is 6.93. The highest BCUT2D eigenvalue weighted by Crippen LogP contribution is 2.58. The van der Waals surface area contributed by atoms with E-state index in [0.717, 1.165) is 12.8 Å². The monoisotopic (exact) mass is 434 g/mol. The summed E-state index contributed by atoms with van der Waals surface area (Å²) in [5.74, 6) is 1.75. The molecule has 2 aromatic rings. The molecular weight excluding hydrogens is 408 g/mol. The van der Waals surface area contributed by atoms with E-state index in [1.54, 1.807) is 0 Å². The summed E-state index contributed by atoms with van der Waals surface area (Å²) in [4.78, 5) is 0. The van der Waals surface area contributed by atoms with Crippen molar-refractivity contribution >= 4 is 21.9 Å². The lowest BCUT2D eigenvalue weighted by Crippen LogP contribution is -2.28. The Hall–Kier alpha value is -3.64. The van der Waals surface area contributed by atoms with Crippen LogP contribution in [0.4, 0.5) is 0 Å². The number of fused-ring (bicyclic) bond motifs is 7. The van der Waals surface area contributed by atoms with Crippen molar-refractivity contribution in [2.45, 2.75) is 12.8 Å². The van der Waals surface area contributed by atoms with Crippen LogP contribution in [0.2, 0.25) is 0 Å². The van der Waals surface area contributed by atoms with Crippen LogP contribution in [0.1, 0.15) is 24.0 Å². The van der Waals surface area contributed by atoms with Gasteiger partial charge in [-0.15, -0.1) is 0 Å². The molecular formula is C34H26. The first-order valence-electron chi connectivity index (χ1n) is 12.7. The van der Waals surface area contributed by atoms with E-state index in [0.29, 0.717) is 23.7 Å². The molecule has 6 aliphatic carbocycles. The molecule has 8 rings (SSSR count). The van der Waals surface area contributed by atoms with Crippen LogP contribution in [-0.4, -0.2) is 0 Å². The zero-order valence-corrected chi connectivity index (χ0v) is 19.1. The van der Waals surface area contributed by atoms with Gasteiger partial charge in [0.25, 0.3) is 0 Å². The molecule has 0 radical (unpaired) electrons. The Morgan fingerprint density at radius 3 is 2.21 bits per heavy atom. The Balaban J connectivity index is 1.29. The van der Waals surface area contributed by atoms with E-state index >= 15 is 0 Å². The first-order valence-corrected chi connectivity index (χ1v) is 12.7. The lowest BCUT2D eigenvalue weighted by Gasteiger charge is -2.40. The molecule has 6 aliphatic rings. The van der Waals surface area contributed by atoms with Crippen molar-refractivity contribution in [1.82, 2.24) is 0 Å². The summed E-state index contributed by atoms with van der Waals surface area (Å²) in [6.07, 6.45) is 30.9. The molecule has 0 N–H and O–H groups in total. The van der Waals surface area contributed by atoms with Gasteiger partial charge in [0, 0.05) is 23.7 Å². The van der Waals surface area contributed by atoms with Crippen molar-refractivity contribution in [2.75, 3.05) is 0 Å². The highest BCUT2D eigenvalue weighted by atomic mass is 14.5. The molecule has 0 heteroatoms. The van der Waals surface area contributed by atoms with Gasteiger partial charge >= 0.3 is 0 Å². The third-order valence-corrected chi connectivity index (χ3v) is 8.70. The quantitative estimate of drug-likeness (QED) is 0.423. The predicted octanol–water partition coefficient (Wildman–Crippen LogP) is 8.31. The lowest BCUT2D eigenvalue weighted by molar-refractivity contribution is 0.564. The van der Waals surface area contributed by atoms with Crippen LogP contribution in [0.3, 0.4) is 0 Å². The molecule has 2 aromatic carbocycles. The summed E-state index contributed by atoms with van der Waals surface area (Å²) in [5, 5.41) is 2.68. The molecule has 0 saturated heterocycles. The molecule has 4 atom stereocenters. The highest BCUT2D eigenvalue weighted by molar-refractivity contribution is 6.03. The fourth-order valence-corrected chi connectivity index (χ4v) is 7.18. The molecule has 0 bridgehead atoms. The maximum atomic E-state index is 2.58. The normalized spacial score (nSPS) is 29.6. The van der Waals surface area contributed by atoms with Crippen molar-refractivity contribution < 1.29 is 0 Å². The smallest absolute Gasteiger partial charge is 0.0205 e. The molecule has 0 aromatic heterocycles. The SMILES string of the molecule is C1=CCCC(C2=CC=CC3C4=C(C=CC23)C2C=CC=C3c5cc6ccccc6cc5C(=C4)C32)=C1. The highest BCUT2D eigenvalue weighted by Gasteiger charge is 2.44. The molecule has 0 saturated carbocycles. The Kier molecular flexibility index (Phi) is 3.82. The van der Waals surface area contributed by atoms with Gasteiger partial charge in [-0.05, 0) is 80.3 Å². The van der Waals surface area contributed by atoms with E-state index in [2.05, 4.69) is 109 Å². The minimum absolute atomic E-state index is 0.424. The van der Waals surface area contributed by atoms with Crippen LogP contribution in [0, 0.1) is 23.7 Å². The Morgan fingerprint density at radius 2 is 1.41 bits per heavy atom. The van der Waals surface area contributed by atoms with Gasteiger partial charge < -0.3 is 0 Å². The number of hydrogen-bond donors (Lipinski definition) is 0. The number of allylic oxidation sites excluding steroid dienone is 18. The van der Waals surface area contributed by atoms with E-state index in [1.807, 2.05) is 0 Å². The van der Waals surface area contributed by atoms with E-state index in [-0.39, 0.29) is 0 Å². The fraction of sp³-hybridized carbons (Fsp3) is 0.176. The zero-order valence-electron chi connectivity index (χ0n) is 19.1. The van der Waals surface area contributed by atoms with Gasteiger partial charge in [-0.2, -0.15) is 0 Å². The predicted molar refractivity (Wildman–Crippen MR) is 143 cm³/mol. The summed E-state index contributed by atoms with van der Waals surface area (Å²) in [6.45, 7) is 0. The summed E-state index contributed by atoms with van der Waals surface area (Å²) in [6, 6.07) is 13.7. The molecule has 0 amide bonds. The first-order chi connectivity index (χ1) is 16.9. The molecule has 4 unspecified atom stereocenters. The third kappa shape index (κ3) is 2.49.